The number of hydrazine groups is 1. The molecule has 3 N–H and O–H groups in total. The van der Waals surface area contributed by atoms with Gasteiger partial charge in [0.1, 0.15) is 0 Å². The Labute approximate surface area is 120 Å². The Morgan fingerprint density at radius 1 is 1.58 bits per heavy atom. The number of nitrogens with two attached hydrogens (primary N) is 1. The topological polar surface area (TPSA) is 73.6 Å². The van der Waals surface area contributed by atoms with Gasteiger partial charge in [-0.3, -0.25) is 10.2 Å². The van der Waals surface area contributed by atoms with Crippen LogP contribution in [0.3, 0.4) is 0 Å². The van der Waals surface area contributed by atoms with E-state index in [1.54, 1.807) is 12.1 Å². The summed E-state index contributed by atoms with van der Waals surface area (Å²) >= 11 is 3.43. The first kappa shape index (κ1) is 14.5. The number of carbonyl (C=O) groups excluding carboxylic acids is 1. The van der Waals surface area contributed by atoms with Crippen LogP contribution >= 0.6 is 15.9 Å². The first-order valence-corrected chi connectivity index (χ1v) is 6.98. The second-order valence-corrected chi connectivity index (χ2v) is 5.28. The number of rotatable bonds is 5. The molecule has 1 aromatic rings. The normalized spacial score (nSPS) is 18.5. The average Bonchev–Trinajstić information content (AvgIpc) is 2.93. The SMILES string of the molecule is NNC(=O)c1ccc(COCC2CCCO2)c(Br)c1. The summed E-state index contributed by atoms with van der Waals surface area (Å²) in [5.41, 5.74) is 3.60. The van der Waals surface area contributed by atoms with Crippen molar-refractivity contribution < 1.29 is 14.3 Å². The summed E-state index contributed by atoms with van der Waals surface area (Å²) in [4.78, 5) is 11.4. The summed E-state index contributed by atoms with van der Waals surface area (Å²) in [6, 6.07) is 5.30. The van der Waals surface area contributed by atoms with Crippen LogP contribution in [0.4, 0.5) is 0 Å². The number of halogens is 1. The van der Waals surface area contributed by atoms with Gasteiger partial charge in [0.2, 0.25) is 0 Å². The van der Waals surface area contributed by atoms with Crippen molar-refractivity contribution in [3.8, 4) is 0 Å². The first-order chi connectivity index (χ1) is 9.20. The van der Waals surface area contributed by atoms with Crippen LogP contribution in [-0.4, -0.2) is 25.2 Å². The zero-order chi connectivity index (χ0) is 13.7. The average molecular weight is 329 g/mol. The van der Waals surface area contributed by atoms with E-state index >= 15 is 0 Å². The predicted molar refractivity (Wildman–Crippen MR) is 74.4 cm³/mol. The van der Waals surface area contributed by atoms with Crippen molar-refractivity contribution in [2.45, 2.75) is 25.6 Å². The van der Waals surface area contributed by atoms with E-state index in [9.17, 15) is 4.79 Å². The third kappa shape index (κ3) is 4.01. The molecule has 0 saturated carbocycles. The van der Waals surface area contributed by atoms with Crippen molar-refractivity contribution in [3.05, 3.63) is 33.8 Å². The Bertz CT molecular complexity index is 448. The molecule has 104 valence electrons. The van der Waals surface area contributed by atoms with Gasteiger partial charge in [-0.1, -0.05) is 22.0 Å². The molecular weight excluding hydrogens is 312 g/mol. The van der Waals surface area contributed by atoms with E-state index in [1.165, 1.54) is 0 Å². The van der Waals surface area contributed by atoms with Gasteiger partial charge in [-0.25, -0.2) is 5.84 Å². The molecule has 1 saturated heterocycles. The van der Waals surface area contributed by atoms with E-state index in [0.29, 0.717) is 18.8 Å². The molecular formula is C13H17BrN2O3. The molecule has 19 heavy (non-hydrogen) atoms. The number of hydrogen-bond acceptors (Lipinski definition) is 4. The van der Waals surface area contributed by atoms with Gasteiger partial charge in [-0.2, -0.15) is 0 Å². The highest BCUT2D eigenvalue weighted by atomic mass is 79.9. The van der Waals surface area contributed by atoms with Crippen LogP contribution in [0.1, 0.15) is 28.8 Å². The third-order valence-corrected chi connectivity index (χ3v) is 3.77. The highest BCUT2D eigenvalue weighted by molar-refractivity contribution is 9.10. The van der Waals surface area contributed by atoms with E-state index < -0.39 is 0 Å². The highest BCUT2D eigenvalue weighted by Crippen LogP contribution is 2.20. The number of carbonyl (C=O) groups is 1. The van der Waals surface area contributed by atoms with E-state index in [-0.39, 0.29) is 12.0 Å². The monoisotopic (exact) mass is 328 g/mol. The van der Waals surface area contributed by atoms with Crippen molar-refractivity contribution >= 4 is 21.8 Å². The van der Waals surface area contributed by atoms with Gasteiger partial charge in [0.15, 0.2) is 0 Å². The molecule has 0 spiro atoms. The standard InChI is InChI=1S/C13H17BrN2O3/c14-12-6-9(13(17)16-15)3-4-10(12)7-18-8-11-2-1-5-19-11/h3-4,6,11H,1-2,5,7-8,15H2,(H,16,17). The van der Waals surface area contributed by atoms with Gasteiger partial charge in [0, 0.05) is 16.6 Å². The fourth-order valence-electron chi connectivity index (χ4n) is 1.97. The molecule has 0 radical (unpaired) electrons. The molecule has 1 amide bonds. The lowest BCUT2D eigenvalue weighted by Crippen LogP contribution is -2.29. The Morgan fingerprint density at radius 3 is 3.05 bits per heavy atom. The van der Waals surface area contributed by atoms with Crippen LogP contribution < -0.4 is 11.3 Å². The number of nitrogen functional groups attached to an aromatic ring is 1. The van der Waals surface area contributed by atoms with Gasteiger partial charge < -0.3 is 9.47 Å². The molecule has 1 unspecified atom stereocenters. The van der Waals surface area contributed by atoms with Gasteiger partial charge in [-0.15, -0.1) is 0 Å². The summed E-state index contributed by atoms with van der Waals surface area (Å²) in [5.74, 6) is 4.78. The summed E-state index contributed by atoms with van der Waals surface area (Å²) in [6.45, 7) is 1.93. The minimum absolute atomic E-state index is 0.223. The lowest BCUT2D eigenvalue weighted by molar-refractivity contribution is 0.0104. The second-order valence-electron chi connectivity index (χ2n) is 4.43. The molecule has 0 aliphatic carbocycles. The molecule has 1 aromatic carbocycles. The number of nitrogens with one attached hydrogen (secondary N) is 1. The lowest BCUT2D eigenvalue weighted by Gasteiger charge is -2.11. The Kier molecular flexibility index (Phi) is 5.33. The van der Waals surface area contributed by atoms with E-state index in [1.807, 2.05) is 6.07 Å². The maximum Gasteiger partial charge on any atom is 0.265 e. The fourth-order valence-corrected chi connectivity index (χ4v) is 2.46. The minimum atomic E-state index is -0.312. The van der Waals surface area contributed by atoms with E-state index in [4.69, 9.17) is 15.3 Å². The zero-order valence-corrected chi connectivity index (χ0v) is 12.1. The Morgan fingerprint density at radius 2 is 2.42 bits per heavy atom. The lowest BCUT2D eigenvalue weighted by atomic mass is 10.1. The summed E-state index contributed by atoms with van der Waals surface area (Å²) < 4.78 is 11.9. The highest BCUT2D eigenvalue weighted by Gasteiger charge is 2.15. The van der Waals surface area contributed by atoms with E-state index in [2.05, 4.69) is 21.4 Å². The minimum Gasteiger partial charge on any atom is -0.376 e. The smallest absolute Gasteiger partial charge is 0.265 e. The van der Waals surface area contributed by atoms with Gasteiger partial charge in [0.25, 0.3) is 5.91 Å². The van der Waals surface area contributed by atoms with Gasteiger partial charge in [-0.05, 0) is 30.5 Å². The predicted octanol–water partition coefficient (Wildman–Crippen LogP) is 1.75. The van der Waals surface area contributed by atoms with Crippen molar-refractivity contribution in [2.24, 2.45) is 5.84 Å². The fraction of sp³-hybridized carbons (Fsp3) is 0.462. The van der Waals surface area contributed by atoms with Crippen LogP contribution in [0.5, 0.6) is 0 Å². The number of amides is 1. The molecule has 6 heteroatoms. The molecule has 1 heterocycles. The molecule has 1 aliphatic rings. The summed E-state index contributed by atoms with van der Waals surface area (Å²) in [5, 5.41) is 0. The largest absolute Gasteiger partial charge is 0.376 e. The maximum atomic E-state index is 11.4. The number of benzene rings is 1. The van der Waals surface area contributed by atoms with Crippen LogP contribution in [0.2, 0.25) is 0 Å². The van der Waals surface area contributed by atoms with Crippen molar-refractivity contribution in [2.75, 3.05) is 13.2 Å². The van der Waals surface area contributed by atoms with Crippen LogP contribution in [0.15, 0.2) is 22.7 Å². The molecule has 2 rings (SSSR count). The zero-order valence-electron chi connectivity index (χ0n) is 10.5. The molecule has 0 bridgehead atoms. The summed E-state index contributed by atoms with van der Waals surface area (Å²) in [7, 11) is 0. The van der Waals surface area contributed by atoms with Crippen LogP contribution in [-0.2, 0) is 16.1 Å². The van der Waals surface area contributed by atoms with Crippen molar-refractivity contribution in [1.29, 1.82) is 0 Å². The molecule has 1 atom stereocenters. The molecule has 0 aromatic heterocycles. The van der Waals surface area contributed by atoms with Crippen molar-refractivity contribution in [3.63, 3.8) is 0 Å². The number of ether oxygens (including phenoxy) is 2. The Balaban J connectivity index is 1.87. The molecule has 1 aliphatic heterocycles. The van der Waals surface area contributed by atoms with Crippen LogP contribution in [0.25, 0.3) is 0 Å². The quantitative estimate of drug-likeness (QED) is 0.490. The summed E-state index contributed by atoms with van der Waals surface area (Å²) in [6.07, 6.45) is 2.40. The second kappa shape index (κ2) is 7.00. The van der Waals surface area contributed by atoms with Crippen molar-refractivity contribution in [1.82, 2.24) is 5.43 Å². The molecule has 1 fully saturated rings. The van der Waals surface area contributed by atoms with Crippen LogP contribution in [0, 0.1) is 0 Å². The van der Waals surface area contributed by atoms with E-state index in [0.717, 1.165) is 29.5 Å². The Hall–Kier alpha value is -0.950. The molecule has 5 nitrogen and oxygen atoms in total. The van der Waals surface area contributed by atoms with Gasteiger partial charge >= 0.3 is 0 Å². The third-order valence-electron chi connectivity index (χ3n) is 3.03. The first-order valence-electron chi connectivity index (χ1n) is 6.19. The number of hydrogen-bond donors (Lipinski definition) is 2. The van der Waals surface area contributed by atoms with Gasteiger partial charge in [0.05, 0.1) is 19.3 Å². The maximum absolute atomic E-state index is 11.4.